The number of benzene rings is 3. The molecule has 1 saturated carbocycles. The molecular weight excluding hydrogens is 469 g/mol. The summed E-state index contributed by atoms with van der Waals surface area (Å²) in [6, 6.07) is 16.0. The van der Waals surface area contributed by atoms with Crippen molar-refractivity contribution in [2.24, 2.45) is 5.92 Å². The zero-order valence-corrected chi connectivity index (χ0v) is 20.0. The first-order chi connectivity index (χ1) is 16.9. The molecule has 1 amide bonds. The Morgan fingerprint density at radius 3 is 2.57 bits per heavy atom. The molecular formula is C28H25ClFNO4. The van der Waals surface area contributed by atoms with Gasteiger partial charge < -0.3 is 14.7 Å². The fourth-order valence-electron chi connectivity index (χ4n) is 5.10. The van der Waals surface area contributed by atoms with Crippen molar-refractivity contribution in [2.75, 3.05) is 13.7 Å². The van der Waals surface area contributed by atoms with Crippen molar-refractivity contribution in [3.05, 3.63) is 87.7 Å². The summed E-state index contributed by atoms with van der Waals surface area (Å²) >= 11 is 6.00. The lowest BCUT2D eigenvalue weighted by molar-refractivity contribution is -0.136. The Bertz CT molecular complexity index is 1310. The van der Waals surface area contributed by atoms with E-state index in [9.17, 15) is 19.1 Å². The van der Waals surface area contributed by atoms with Crippen LogP contribution in [0, 0.1) is 11.7 Å². The standard InChI is InChI=1S/C28H25ClFNO4/c1-35-26-9-2-16(13-27(32)33)12-22(26)19-7-8-25(30)20-10-11-31(15-24(19)20)28(34)23-14-21(23)17-3-5-18(29)6-4-17/h2-9,12,21,23H,10-11,13-15H2,1H3,(H,32,33). The molecule has 1 aliphatic heterocycles. The fourth-order valence-corrected chi connectivity index (χ4v) is 5.23. The lowest BCUT2D eigenvalue weighted by atomic mass is 9.89. The van der Waals surface area contributed by atoms with Crippen molar-refractivity contribution < 1.29 is 23.8 Å². The minimum absolute atomic E-state index is 0.0804. The summed E-state index contributed by atoms with van der Waals surface area (Å²) in [5, 5.41) is 9.89. The summed E-state index contributed by atoms with van der Waals surface area (Å²) in [6.07, 6.45) is 1.10. The molecule has 0 aromatic heterocycles. The van der Waals surface area contributed by atoms with Gasteiger partial charge in [-0.3, -0.25) is 9.59 Å². The van der Waals surface area contributed by atoms with Crippen LogP contribution in [0.3, 0.4) is 0 Å². The molecule has 1 fully saturated rings. The van der Waals surface area contributed by atoms with Crippen LogP contribution in [0.15, 0.2) is 54.6 Å². The number of halogens is 2. The maximum atomic E-state index is 14.8. The lowest BCUT2D eigenvalue weighted by Gasteiger charge is -2.31. The zero-order chi connectivity index (χ0) is 24.7. The monoisotopic (exact) mass is 493 g/mol. The first-order valence-corrected chi connectivity index (χ1v) is 12.0. The number of aliphatic carboxylic acids is 1. The Morgan fingerprint density at radius 2 is 1.86 bits per heavy atom. The van der Waals surface area contributed by atoms with Crippen molar-refractivity contribution in [1.29, 1.82) is 0 Å². The molecule has 0 bridgehead atoms. The summed E-state index contributed by atoms with van der Waals surface area (Å²) in [6.45, 7) is 0.768. The van der Waals surface area contributed by atoms with Crippen LogP contribution >= 0.6 is 11.6 Å². The van der Waals surface area contributed by atoms with Gasteiger partial charge >= 0.3 is 5.97 Å². The van der Waals surface area contributed by atoms with E-state index in [-0.39, 0.29) is 30.0 Å². The zero-order valence-electron chi connectivity index (χ0n) is 19.3. The molecule has 1 aliphatic carbocycles. The van der Waals surface area contributed by atoms with Crippen LogP contribution in [-0.2, 0) is 29.0 Å². The molecule has 0 spiro atoms. The third-order valence-corrected chi connectivity index (χ3v) is 7.23. The molecule has 180 valence electrons. The van der Waals surface area contributed by atoms with E-state index in [1.54, 1.807) is 31.4 Å². The highest BCUT2D eigenvalue weighted by molar-refractivity contribution is 6.30. The van der Waals surface area contributed by atoms with Crippen LogP contribution in [0.25, 0.3) is 11.1 Å². The molecule has 1 heterocycles. The molecule has 1 N–H and O–H groups in total. The van der Waals surface area contributed by atoms with E-state index in [0.29, 0.717) is 47.0 Å². The SMILES string of the molecule is COc1ccc(CC(=O)O)cc1-c1ccc(F)c2c1CN(C(=O)C1CC1c1ccc(Cl)cc1)CC2. The molecule has 5 nitrogen and oxygen atoms in total. The van der Waals surface area contributed by atoms with E-state index in [2.05, 4.69) is 0 Å². The van der Waals surface area contributed by atoms with Gasteiger partial charge in [-0.1, -0.05) is 35.9 Å². The van der Waals surface area contributed by atoms with E-state index >= 15 is 0 Å². The maximum Gasteiger partial charge on any atom is 0.307 e. The van der Waals surface area contributed by atoms with Gasteiger partial charge in [0.05, 0.1) is 13.5 Å². The van der Waals surface area contributed by atoms with Gasteiger partial charge in [0.2, 0.25) is 5.91 Å². The van der Waals surface area contributed by atoms with Gasteiger partial charge in [-0.2, -0.15) is 0 Å². The van der Waals surface area contributed by atoms with Crippen LogP contribution in [0.1, 0.15) is 34.6 Å². The second-order valence-corrected chi connectivity index (χ2v) is 9.60. The van der Waals surface area contributed by atoms with Crippen molar-refractivity contribution in [1.82, 2.24) is 4.90 Å². The average molecular weight is 494 g/mol. The second kappa shape index (κ2) is 9.34. The summed E-state index contributed by atoms with van der Waals surface area (Å²) in [5.41, 5.74) is 4.53. The van der Waals surface area contributed by atoms with E-state index in [0.717, 1.165) is 23.1 Å². The van der Waals surface area contributed by atoms with Gasteiger partial charge in [0.15, 0.2) is 0 Å². The number of nitrogens with zero attached hydrogens (tertiary/aromatic N) is 1. The predicted octanol–water partition coefficient (Wildman–Crippen LogP) is 5.47. The third-order valence-electron chi connectivity index (χ3n) is 6.98. The summed E-state index contributed by atoms with van der Waals surface area (Å²) in [4.78, 5) is 26.4. The Hall–Kier alpha value is -3.38. The molecule has 2 atom stereocenters. The van der Waals surface area contributed by atoms with Gasteiger partial charge in [0.1, 0.15) is 11.6 Å². The number of carbonyl (C=O) groups excluding carboxylic acids is 1. The van der Waals surface area contributed by atoms with Gasteiger partial charge in [-0.15, -0.1) is 0 Å². The topological polar surface area (TPSA) is 66.8 Å². The quantitative estimate of drug-likeness (QED) is 0.494. The van der Waals surface area contributed by atoms with Crippen molar-refractivity contribution in [3.63, 3.8) is 0 Å². The van der Waals surface area contributed by atoms with Gasteiger partial charge in [-0.25, -0.2) is 4.39 Å². The van der Waals surface area contributed by atoms with Crippen LogP contribution in [-0.4, -0.2) is 35.5 Å². The molecule has 2 unspecified atom stereocenters. The molecule has 0 radical (unpaired) electrons. The Kier molecular flexibility index (Phi) is 6.24. The summed E-state index contributed by atoms with van der Waals surface area (Å²) < 4.78 is 20.3. The van der Waals surface area contributed by atoms with Crippen molar-refractivity contribution in [3.8, 4) is 16.9 Å². The van der Waals surface area contributed by atoms with Gasteiger partial charge in [0.25, 0.3) is 0 Å². The van der Waals surface area contributed by atoms with Crippen LogP contribution in [0.2, 0.25) is 5.02 Å². The first kappa shape index (κ1) is 23.4. The Balaban J connectivity index is 1.44. The molecule has 35 heavy (non-hydrogen) atoms. The average Bonchev–Trinajstić information content (AvgIpc) is 3.65. The summed E-state index contributed by atoms with van der Waals surface area (Å²) in [5.74, 6) is -0.469. The Labute approximate surface area is 208 Å². The summed E-state index contributed by atoms with van der Waals surface area (Å²) in [7, 11) is 1.55. The van der Waals surface area contributed by atoms with Crippen molar-refractivity contribution in [2.45, 2.75) is 31.7 Å². The molecule has 0 saturated heterocycles. The molecule has 7 heteroatoms. The van der Waals surface area contributed by atoms with Crippen LogP contribution in [0.4, 0.5) is 4.39 Å². The number of carboxylic acid groups (broad SMARTS) is 1. The van der Waals surface area contributed by atoms with E-state index in [1.165, 1.54) is 6.07 Å². The van der Waals surface area contributed by atoms with E-state index < -0.39 is 5.97 Å². The predicted molar refractivity (Wildman–Crippen MR) is 131 cm³/mol. The smallest absolute Gasteiger partial charge is 0.307 e. The fraction of sp³-hybridized carbons (Fsp3) is 0.286. The number of amides is 1. The molecule has 2 aliphatic rings. The highest BCUT2D eigenvalue weighted by atomic mass is 35.5. The third kappa shape index (κ3) is 4.63. The number of ether oxygens (including phenoxy) is 1. The van der Waals surface area contributed by atoms with Crippen LogP contribution < -0.4 is 4.74 Å². The minimum Gasteiger partial charge on any atom is -0.496 e. The van der Waals surface area contributed by atoms with E-state index in [4.69, 9.17) is 16.3 Å². The number of carbonyl (C=O) groups is 2. The molecule has 5 rings (SSSR count). The highest BCUT2D eigenvalue weighted by Gasteiger charge is 2.46. The van der Waals surface area contributed by atoms with E-state index in [1.807, 2.05) is 29.2 Å². The molecule has 3 aromatic carbocycles. The number of rotatable bonds is 6. The molecule has 3 aromatic rings. The normalized spacial score (nSPS) is 18.7. The number of methoxy groups -OCH3 is 1. The van der Waals surface area contributed by atoms with Crippen LogP contribution in [0.5, 0.6) is 5.75 Å². The first-order valence-electron chi connectivity index (χ1n) is 11.6. The van der Waals surface area contributed by atoms with Gasteiger partial charge in [-0.05, 0) is 76.9 Å². The maximum absolute atomic E-state index is 14.8. The second-order valence-electron chi connectivity index (χ2n) is 9.17. The number of hydrogen-bond donors (Lipinski definition) is 1. The highest BCUT2D eigenvalue weighted by Crippen LogP contribution is 2.49. The lowest BCUT2D eigenvalue weighted by Crippen LogP contribution is -2.37. The largest absolute Gasteiger partial charge is 0.496 e. The van der Waals surface area contributed by atoms with Crippen molar-refractivity contribution >= 4 is 23.5 Å². The Morgan fingerprint density at radius 1 is 1.09 bits per heavy atom. The number of fused-ring (bicyclic) bond motifs is 1. The van der Waals surface area contributed by atoms with Gasteiger partial charge in [0, 0.05) is 29.6 Å². The number of hydrogen-bond acceptors (Lipinski definition) is 3. The number of carboxylic acids is 1. The minimum atomic E-state index is -0.932.